The van der Waals surface area contributed by atoms with Crippen LogP contribution in [0.15, 0.2) is 22.9 Å². The highest BCUT2D eigenvalue weighted by Crippen LogP contribution is 2.39. The van der Waals surface area contributed by atoms with Gasteiger partial charge in [0.2, 0.25) is 5.91 Å². The Morgan fingerprint density at radius 2 is 2.30 bits per heavy atom. The smallest absolute Gasteiger partial charge is 0.407 e. The fourth-order valence-electron chi connectivity index (χ4n) is 3.20. The molecule has 7 nitrogen and oxygen atoms in total. The molecule has 0 saturated heterocycles. The Balaban J connectivity index is 1.58. The van der Waals surface area contributed by atoms with Gasteiger partial charge in [-0.05, 0) is 59.2 Å². The Bertz CT molecular complexity index is 944. The summed E-state index contributed by atoms with van der Waals surface area (Å²) in [5.74, 6) is -0.0678. The largest absolute Gasteiger partial charge is 0.449 e. The van der Waals surface area contributed by atoms with Crippen LogP contribution in [0.1, 0.15) is 28.0 Å². The third kappa shape index (κ3) is 5.92. The molecule has 2 aromatic heterocycles. The minimum absolute atomic E-state index is 0.193. The van der Waals surface area contributed by atoms with Gasteiger partial charge in [0.05, 0.1) is 18.8 Å². The predicted octanol–water partition coefficient (Wildman–Crippen LogP) is 3.81. The van der Waals surface area contributed by atoms with Gasteiger partial charge in [0.15, 0.2) is 0 Å². The van der Waals surface area contributed by atoms with Gasteiger partial charge < -0.3 is 20.1 Å². The number of hydrogen-bond donors (Lipinski definition) is 2. The number of nitrogens with zero attached hydrogens (tertiary/aromatic N) is 1. The van der Waals surface area contributed by atoms with Gasteiger partial charge >= 0.3 is 6.09 Å². The Morgan fingerprint density at radius 1 is 1.43 bits per heavy atom. The number of hydrogen-bond acceptors (Lipinski definition) is 7. The van der Waals surface area contributed by atoms with Crippen LogP contribution in [0.2, 0.25) is 0 Å². The lowest BCUT2D eigenvalue weighted by Gasteiger charge is -2.21. The van der Waals surface area contributed by atoms with Crippen molar-refractivity contribution in [3.05, 3.63) is 44.5 Å². The number of carbonyl (C=O) groups excluding carboxylic acids is 2. The summed E-state index contributed by atoms with van der Waals surface area (Å²) in [5.41, 5.74) is 2.51. The molecule has 1 aliphatic rings. The molecule has 0 spiro atoms. The first-order valence-corrected chi connectivity index (χ1v) is 11.3. The minimum atomic E-state index is -0.452. The number of nitriles is 1. The van der Waals surface area contributed by atoms with Crippen LogP contribution in [0.3, 0.4) is 0 Å². The summed E-state index contributed by atoms with van der Waals surface area (Å²) in [4.78, 5) is 25.0. The second kappa shape index (κ2) is 10.9. The number of alkyl carbamates (subject to hydrolysis) is 1. The van der Waals surface area contributed by atoms with Crippen LogP contribution < -0.4 is 10.6 Å². The molecule has 30 heavy (non-hydrogen) atoms. The molecular weight excluding hydrogens is 422 g/mol. The summed E-state index contributed by atoms with van der Waals surface area (Å²) < 4.78 is 10.2. The summed E-state index contributed by atoms with van der Waals surface area (Å²) in [6.45, 7) is 1.17. The molecule has 1 unspecified atom stereocenters. The quantitative estimate of drug-likeness (QED) is 0.475. The molecule has 158 valence electrons. The van der Waals surface area contributed by atoms with Crippen molar-refractivity contribution in [1.29, 1.82) is 5.26 Å². The number of ether oxygens (including phenoxy) is 2. The van der Waals surface area contributed by atoms with Gasteiger partial charge in [-0.1, -0.05) is 0 Å². The van der Waals surface area contributed by atoms with Crippen LogP contribution in [0.4, 0.5) is 9.80 Å². The first-order valence-electron chi connectivity index (χ1n) is 9.56. The number of rotatable bonds is 8. The molecule has 0 saturated carbocycles. The third-order valence-corrected chi connectivity index (χ3v) is 6.58. The Labute approximate surface area is 183 Å². The lowest BCUT2D eigenvalue weighted by molar-refractivity contribution is -0.111. The number of anilines is 1. The van der Waals surface area contributed by atoms with E-state index < -0.39 is 6.09 Å². The summed E-state index contributed by atoms with van der Waals surface area (Å²) >= 11 is 3.00. The van der Waals surface area contributed by atoms with E-state index in [2.05, 4.69) is 16.7 Å². The molecule has 0 fully saturated rings. The molecule has 0 radical (unpaired) electrons. The van der Waals surface area contributed by atoms with Crippen LogP contribution in [-0.4, -0.2) is 38.9 Å². The lowest BCUT2D eigenvalue weighted by atomic mass is 9.88. The topological polar surface area (TPSA) is 100 Å². The molecule has 2 aromatic rings. The maximum atomic E-state index is 12.3. The van der Waals surface area contributed by atoms with E-state index in [-0.39, 0.29) is 11.8 Å². The highest BCUT2D eigenvalue weighted by Gasteiger charge is 2.27. The van der Waals surface area contributed by atoms with E-state index in [1.54, 1.807) is 24.5 Å². The van der Waals surface area contributed by atoms with Gasteiger partial charge in [0, 0.05) is 24.6 Å². The van der Waals surface area contributed by atoms with Gasteiger partial charge in [-0.2, -0.15) is 16.6 Å². The number of fused-ring (bicyclic) bond motifs is 1. The molecule has 0 aromatic carbocycles. The summed E-state index contributed by atoms with van der Waals surface area (Å²) in [6.07, 6.45) is 5.05. The Morgan fingerprint density at radius 3 is 3.03 bits per heavy atom. The number of carbonyl (C=O) groups is 2. The molecule has 1 aliphatic carbocycles. The summed E-state index contributed by atoms with van der Waals surface area (Å²) in [7, 11) is 1.57. The normalized spacial score (nSPS) is 15.4. The van der Waals surface area contributed by atoms with Crippen LogP contribution in [-0.2, 0) is 27.1 Å². The number of amides is 2. The predicted molar refractivity (Wildman–Crippen MR) is 118 cm³/mol. The zero-order valence-corrected chi connectivity index (χ0v) is 18.2. The van der Waals surface area contributed by atoms with Gasteiger partial charge in [-0.15, -0.1) is 11.3 Å². The number of nitrogens with one attached hydrogen (secondary N) is 2. The van der Waals surface area contributed by atoms with E-state index in [0.29, 0.717) is 30.3 Å². The maximum absolute atomic E-state index is 12.3. The zero-order valence-electron chi connectivity index (χ0n) is 16.6. The summed E-state index contributed by atoms with van der Waals surface area (Å²) in [5, 5.41) is 19.6. The van der Waals surface area contributed by atoms with Crippen molar-refractivity contribution in [2.24, 2.45) is 5.92 Å². The zero-order chi connectivity index (χ0) is 21.3. The van der Waals surface area contributed by atoms with Crippen molar-refractivity contribution in [2.45, 2.75) is 19.3 Å². The van der Waals surface area contributed by atoms with Gasteiger partial charge in [0.1, 0.15) is 11.1 Å². The van der Waals surface area contributed by atoms with Gasteiger partial charge in [-0.3, -0.25) is 4.79 Å². The highest BCUT2D eigenvalue weighted by molar-refractivity contribution is 7.16. The van der Waals surface area contributed by atoms with Crippen LogP contribution in [0.25, 0.3) is 6.08 Å². The SMILES string of the molecule is COCCNC(=O)OCC1CCc2c(sc(NC(=O)/C=C/c3ccsc3)c2C#N)C1. The maximum Gasteiger partial charge on any atom is 0.407 e. The fourth-order valence-corrected chi connectivity index (χ4v) is 5.14. The summed E-state index contributed by atoms with van der Waals surface area (Å²) in [6, 6.07) is 4.17. The van der Waals surface area contributed by atoms with E-state index in [9.17, 15) is 14.9 Å². The average Bonchev–Trinajstić information content (AvgIpc) is 3.37. The van der Waals surface area contributed by atoms with E-state index in [1.165, 1.54) is 17.4 Å². The molecule has 3 rings (SSSR count). The molecule has 2 N–H and O–H groups in total. The Hall–Kier alpha value is -2.67. The van der Waals surface area contributed by atoms with E-state index in [1.807, 2.05) is 16.8 Å². The van der Waals surface area contributed by atoms with Crippen LogP contribution >= 0.6 is 22.7 Å². The van der Waals surface area contributed by atoms with Crippen molar-refractivity contribution >= 4 is 45.8 Å². The second-order valence-electron chi connectivity index (χ2n) is 6.83. The molecule has 9 heteroatoms. The third-order valence-electron chi connectivity index (χ3n) is 4.71. The average molecular weight is 446 g/mol. The Kier molecular flexibility index (Phi) is 8.02. The van der Waals surface area contributed by atoms with E-state index in [4.69, 9.17) is 9.47 Å². The molecule has 0 aliphatic heterocycles. The first kappa shape index (κ1) is 22.0. The van der Waals surface area contributed by atoms with E-state index in [0.717, 1.165) is 35.3 Å². The standard InChI is InChI=1S/C21H23N3O4S2/c1-27-8-7-23-21(26)28-12-15-2-4-16-17(11-22)20(30-18(16)10-15)24-19(25)5-3-14-6-9-29-13-14/h3,5-6,9,13,15H,2,4,7-8,10,12H2,1H3,(H,23,26)(H,24,25)/b5-3+. The van der Waals surface area contributed by atoms with Gasteiger partial charge in [-0.25, -0.2) is 4.79 Å². The van der Waals surface area contributed by atoms with Crippen LogP contribution in [0, 0.1) is 17.2 Å². The number of methoxy groups -OCH3 is 1. The molecule has 1 atom stereocenters. The van der Waals surface area contributed by atoms with Crippen molar-refractivity contribution in [3.8, 4) is 6.07 Å². The molecular formula is C21H23N3O4S2. The highest BCUT2D eigenvalue weighted by atomic mass is 32.1. The van der Waals surface area contributed by atoms with Crippen LogP contribution in [0.5, 0.6) is 0 Å². The minimum Gasteiger partial charge on any atom is -0.449 e. The number of thiophene rings is 2. The second-order valence-corrected chi connectivity index (χ2v) is 8.71. The van der Waals surface area contributed by atoms with Gasteiger partial charge in [0.25, 0.3) is 0 Å². The molecule has 2 amide bonds. The lowest BCUT2D eigenvalue weighted by Crippen LogP contribution is -2.30. The van der Waals surface area contributed by atoms with Crippen molar-refractivity contribution < 1.29 is 19.1 Å². The fraction of sp³-hybridized carbons (Fsp3) is 0.381. The molecule has 0 bridgehead atoms. The monoisotopic (exact) mass is 445 g/mol. The molecule has 2 heterocycles. The van der Waals surface area contributed by atoms with Crippen molar-refractivity contribution in [3.63, 3.8) is 0 Å². The van der Waals surface area contributed by atoms with Crippen molar-refractivity contribution in [2.75, 3.05) is 32.2 Å². The van der Waals surface area contributed by atoms with E-state index >= 15 is 0 Å². The first-order chi connectivity index (χ1) is 14.6. The van der Waals surface area contributed by atoms with Crippen molar-refractivity contribution in [1.82, 2.24) is 5.32 Å².